The summed E-state index contributed by atoms with van der Waals surface area (Å²) in [6, 6.07) is 9.70. The number of amides is 1. The van der Waals surface area contributed by atoms with Crippen molar-refractivity contribution in [2.75, 3.05) is 6.54 Å². The molecule has 1 aliphatic heterocycles. The maximum absolute atomic E-state index is 12.1. The SMILES string of the molecule is N#CCCCCCCN1C(=O)CCC1/C(O)=C/CCc1cccc(Cl)c1. The van der Waals surface area contributed by atoms with Crippen LogP contribution in [0.3, 0.4) is 0 Å². The third-order valence-electron chi connectivity index (χ3n) is 4.78. The average molecular weight is 375 g/mol. The fourth-order valence-electron chi connectivity index (χ4n) is 3.38. The molecule has 1 atom stereocenters. The van der Waals surface area contributed by atoms with Crippen LogP contribution in [0.15, 0.2) is 36.1 Å². The monoisotopic (exact) mass is 374 g/mol. The molecule has 1 aromatic rings. The van der Waals surface area contributed by atoms with E-state index in [1.165, 1.54) is 0 Å². The highest BCUT2D eigenvalue weighted by molar-refractivity contribution is 6.30. The maximum atomic E-state index is 12.1. The zero-order valence-electron chi connectivity index (χ0n) is 15.2. The van der Waals surface area contributed by atoms with Gasteiger partial charge in [-0.25, -0.2) is 0 Å². The normalized spacial score (nSPS) is 17.5. The molecule has 1 aliphatic rings. The van der Waals surface area contributed by atoms with Crippen LogP contribution in [0, 0.1) is 11.3 Å². The van der Waals surface area contributed by atoms with Gasteiger partial charge in [0.1, 0.15) is 5.76 Å². The van der Waals surface area contributed by atoms with Crippen LogP contribution >= 0.6 is 11.6 Å². The Hall–Kier alpha value is -1.99. The van der Waals surface area contributed by atoms with Crippen LogP contribution in [-0.2, 0) is 11.2 Å². The molecule has 0 bridgehead atoms. The molecule has 2 rings (SSSR count). The van der Waals surface area contributed by atoms with Gasteiger partial charge in [-0.05, 0) is 55.9 Å². The third-order valence-corrected chi connectivity index (χ3v) is 5.02. The van der Waals surface area contributed by atoms with Gasteiger partial charge in [-0.15, -0.1) is 0 Å². The highest BCUT2D eigenvalue weighted by Gasteiger charge is 2.32. The molecule has 1 N–H and O–H groups in total. The zero-order valence-corrected chi connectivity index (χ0v) is 15.9. The number of nitriles is 1. The number of hydrogen-bond acceptors (Lipinski definition) is 3. The predicted octanol–water partition coefficient (Wildman–Crippen LogP) is 5.18. The summed E-state index contributed by atoms with van der Waals surface area (Å²) in [4.78, 5) is 13.9. The van der Waals surface area contributed by atoms with Crippen molar-refractivity contribution < 1.29 is 9.90 Å². The minimum absolute atomic E-state index is 0.127. The van der Waals surface area contributed by atoms with E-state index < -0.39 is 0 Å². The number of halogens is 1. The summed E-state index contributed by atoms with van der Waals surface area (Å²) in [5.74, 6) is 0.434. The summed E-state index contributed by atoms with van der Waals surface area (Å²) in [6.07, 6.45) is 9.03. The minimum atomic E-state index is -0.180. The second kappa shape index (κ2) is 10.9. The number of allylic oxidation sites excluding steroid dienone is 1. The first-order valence-electron chi connectivity index (χ1n) is 9.41. The summed E-state index contributed by atoms with van der Waals surface area (Å²) in [6.45, 7) is 0.683. The number of aryl methyl sites for hydroxylation is 1. The number of aliphatic hydroxyl groups is 1. The van der Waals surface area contributed by atoms with Crippen molar-refractivity contribution in [3.05, 3.63) is 46.7 Å². The molecule has 0 aromatic heterocycles. The summed E-state index contributed by atoms with van der Waals surface area (Å²) < 4.78 is 0. The molecule has 140 valence electrons. The van der Waals surface area contributed by atoms with E-state index >= 15 is 0 Å². The molecule has 0 aliphatic carbocycles. The van der Waals surface area contributed by atoms with E-state index in [0.29, 0.717) is 31.6 Å². The van der Waals surface area contributed by atoms with Crippen LogP contribution in [0.1, 0.15) is 56.9 Å². The zero-order chi connectivity index (χ0) is 18.8. The molecule has 0 spiro atoms. The Bertz CT molecular complexity index is 666. The lowest BCUT2D eigenvalue weighted by Crippen LogP contribution is -2.35. The van der Waals surface area contributed by atoms with E-state index in [2.05, 4.69) is 6.07 Å². The molecule has 1 aromatic carbocycles. The molecular formula is C21H27ClN2O2. The first-order valence-corrected chi connectivity index (χ1v) is 9.79. The van der Waals surface area contributed by atoms with Gasteiger partial charge in [-0.2, -0.15) is 5.26 Å². The third kappa shape index (κ3) is 6.38. The fraction of sp³-hybridized carbons (Fsp3) is 0.524. The van der Waals surface area contributed by atoms with E-state index in [4.69, 9.17) is 16.9 Å². The lowest BCUT2D eigenvalue weighted by atomic mass is 10.1. The largest absolute Gasteiger partial charge is 0.510 e. The lowest BCUT2D eigenvalue weighted by molar-refractivity contribution is -0.128. The summed E-state index contributed by atoms with van der Waals surface area (Å²) in [5, 5.41) is 19.7. The average Bonchev–Trinajstić information content (AvgIpc) is 2.99. The highest BCUT2D eigenvalue weighted by atomic mass is 35.5. The van der Waals surface area contributed by atoms with Crippen molar-refractivity contribution in [3.63, 3.8) is 0 Å². The maximum Gasteiger partial charge on any atom is 0.223 e. The second-order valence-corrected chi connectivity index (χ2v) is 7.20. The number of rotatable bonds is 10. The number of hydrogen-bond donors (Lipinski definition) is 1. The Labute approximate surface area is 161 Å². The first-order chi connectivity index (χ1) is 12.6. The van der Waals surface area contributed by atoms with Crippen molar-refractivity contribution in [3.8, 4) is 6.07 Å². The Morgan fingerprint density at radius 3 is 2.92 bits per heavy atom. The number of carbonyl (C=O) groups is 1. The van der Waals surface area contributed by atoms with Crippen molar-refractivity contribution >= 4 is 17.5 Å². The molecule has 1 amide bonds. The molecular weight excluding hydrogens is 348 g/mol. The van der Waals surface area contributed by atoms with Crippen molar-refractivity contribution in [2.24, 2.45) is 0 Å². The summed E-state index contributed by atoms with van der Waals surface area (Å²) in [7, 11) is 0. The van der Waals surface area contributed by atoms with Gasteiger partial charge >= 0.3 is 0 Å². The van der Waals surface area contributed by atoms with Gasteiger partial charge in [0.2, 0.25) is 5.91 Å². The van der Waals surface area contributed by atoms with Crippen LogP contribution in [-0.4, -0.2) is 28.5 Å². The summed E-state index contributed by atoms with van der Waals surface area (Å²) >= 11 is 5.99. The van der Waals surface area contributed by atoms with E-state index in [-0.39, 0.29) is 11.9 Å². The summed E-state index contributed by atoms with van der Waals surface area (Å²) in [5.41, 5.74) is 1.14. The Kier molecular flexibility index (Phi) is 8.50. The van der Waals surface area contributed by atoms with Gasteiger partial charge in [0, 0.05) is 24.4 Å². The van der Waals surface area contributed by atoms with Gasteiger partial charge in [0.05, 0.1) is 12.1 Å². The molecule has 1 heterocycles. The van der Waals surface area contributed by atoms with Crippen LogP contribution in [0.4, 0.5) is 0 Å². The van der Waals surface area contributed by atoms with Crippen LogP contribution in [0.5, 0.6) is 0 Å². The van der Waals surface area contributed by atoms with Gasteiger partial charge in [0.15, 0.2) is 0 Å². The number of carbonyl (C=O) groups excluding carboxylic acids is 1. The van der Waals surface area contributed by atoms with E-state index in [0.717, 1.165) is 49.1 Å². The smallest absolute Gasteiger partial charge is 0.223 e. The van der Waals surface area contributed by atoms with E-state index in [1.54, 1.807) is 0 Å². The van der Waals surface area contributed by atoms with Crippen LogP contribution < -0.4 is 0 Å². The Morgan fingerprint density at radius 1 is 1.35 bits per heavy atom. The van der Waals surface area contributed by atoms with Gasteiger partial charge < -0.3 is 10.0 Å². The fourth-order valence-corrected chi connectivity index (χ4v) is 3.59. The van der Waals surface area contributed by atoms with Crippen molar-refractivity contribution in [1.29, 1.82) is 5.26 Å². The van der Waals surface area contributed by atoms with Gasteiger partial charge in [0.25, 0.3) is 0 Å². The molecule has 1 fully saturated rings. The quantitative estimate of drug-likeness (QED) is 0.453. The first kappa shape index (κ1) is 20.3. The van der Waals surface area contributed by atoms with Gasteiger partial charge in [-0.1, -0.05) is 36.6 Å². The standard InChI is InChI=1S/C21H27ClN2O2/c22-18-10-6-8-17(16-18)9-7-11-20(25)19-12-13-21(26)24(19)15-5-3-1-2-4-14-23/h6,8,10-11,16,19,25H,1-5,7,9,12-13,15H2/b20-11-. The molecule has 5 heteroatoms. The molecule has 0 saturated carbocycles. The van der Waals surface area contributed by atoms with Crippen molar-refractivity contribution in [1.82, 2.24) is 4.90 Å². The van der Waals surface area contributed by atoms with Crippen LogP contribution in [0.2, 0.25) is 5.02 Å². The van der Waals surface area contributed by atoms with E-state index in [1.807, 2.05) is 35.2 Å². The van der Waals surface area contributed by atoms with Crippen LogP contribution in [0.25, 0.3) is 0 Å². The predicted molar refractivity (Wildman–Crippen MR) is 104 cm³/mol. The highest BCUT2D eigenvalue weighted by Crippen LogP contribution is 2.25. The number of likely N-dealkylation sites (tertiary alicyclic amines) is 1. The topological polar surface area (TPSA) is 64.3 Å². The lowest BCUT2D eigenvalue weighted by Gasteiger charge is -2.24. The molecule has 1 saturated heterocycles. The molecule has 4 nitrogen and oxygen atoms in total. The number of unbranched alkanes of at least 4 members (excludes halogenated alkanes) is 4. The minimum Gasteiger partial charge on any atom is -0.510 e. The van der Waals surface area contributed by atoms with E-state index in [9.17, 15) is 9.90 Å². The second-order valence-electron chi connectivity index (χ2n) is 6.76. The molecule has 26 heavy (non-hydrogen) atoms. The van der Waals surface area contributed by atoms with Crippen molar-refractivity contribution in [2.45, 2.75) is 63.8 Å². The Balaban J connectivity index is 1.80. The molecule has 0 radical (unpaired) electrons. The number of aliphatic hydroxyl groups excluding tert-OH is 1. The van der Waals surface area contributed by atoms with Gasteiger partial charge in [-0.3, -0.25) is 4.79 Å². The number of benzene rings is 1. The Morgan fingerprint density at radius 2 is 2.15 bits per heavy atom. The molecule has 1 unspecified atom stereocenters. The number of nitrogens with zero attached hydrogens (tertiary/aromatic N) is 2.